The number of likely N-dealkylation sites (tertiary alicyclic amines) is 1. The third-order valence-corrected chi connectivity index (χ3v) is 3.78. The van der Waals surface area contributed by atoms with Gasteiger partial charge in [-0.1, -0.05) is 11.6 Å². The summed E-state index contributed by atoms with van der Waals surface area (Å²) in [4.78, 5) is 29.7. The van der Waals surface area contributed by atoms with Crippen molar-refractivity contribution < 1.29 is 9.59 Å². The molecular weight excluding hydrogens is 363 g/mol. The minimum atomic E-state index is -0.0931. The first-order chi connectivity index (χ1) is 10.1. The Balaban J connectivity index is 0.00000242. The summed E-state index contributed by atoms with van der Waals surface area (Å²) in [6.45, 7) is 1.57. The molecule has 9 heteroatoms. The molecule has 1 saturated heterocycles. The fourth-order valence-electron chi connectivity index (χ4n) is 2.35. The number of hydrogen-bond acceptors (Lipinski definition) is 4. The van der Waals surface area contributed by atoms with Crippen LogP contribution in [0.15, 0.2) is 18.3 Å². The lowest BCUT2D eigenvalue weighted by atomic mass is 9.95. The quantitative estimate of drug-likeness (QED) is 0.833. The molecule has 0 atom stereocenters. The van der Waals surface area contributed by atoms with Crippen molar-refractivity contribution in [3.8, 4) is 0 Å². The molecule has 23 heavy (non-hydrogen) atoms. The smallest absolute Gasteiger partial charge is 0.228 e. The van der Waals surface area contributed by atoms with Crippen LogP contribution in [0.4, 0.5) is 5.82 Å². The Labute approximate surface area is 153 Å². The van der Waals surface area contributed by atoms with Crippen molar-refractivity contribution in [1.29, 1.82) is 0 Å². The maximum atomic E-state index is 12.1. The highest BCUT2D eigenvalue weighted by molar-refractivity contribution is 6.30. The second kappa shape index (κ2) is 10.6. The number of hydrogen-bond donors (Lipinski definition) is 2. The van der Waals surface area contributed by atoms with Crippen LogP contribution in [-0.2, 0) is 9.59 Å². The van der Waals surface area contributed by atoms with Crippen molar-refractivity contribution in [3.05, 3.63) is 23.4 Å². The van der Waals surface area contributed by atoms with Gasteiger partial charge in [0.15, 0.2) is 0 Å². The highest BCUT2D eigenvalue weighted by atomic mass is 35.5. The van der Waals surface area contributed by atoms with Gasteiger partial charge in [-0.15, -0.1) is 24.8 Å². The van der Waals surface area contributed by atoms with Gasteiger partial charge in [-0.05, 0) is 25.0 Å². The van der Waals surface area contributed by atoms with Gasteiger partial charge in [-0.2, -0.15) is 0 Å². The number of anilines is 1. The second-order valence-corrected chi connectivity index (χ2v) is 5.48. The van der Waals surface area contributed by atoms with Gasteiger partial charge in [0.1, 0.15) is 5.82 Å². The van der Waals surface area contributed by atoms with Crippen molar-refractivity contribution in [3.63, 3.8) is 0 Å². The molecule has 0 unspecified atom stereocenters. The number of pyridine rings is 1. The first-order valence-corrected chi connectivity index (χ1v) is 7.38. The number of nitrogens with one attached hydrogen (secondary N) is 1. The lowest BCUT2D eigenvalue weighted by Crippen LogP contribution is -2.42. The SMILES string of the molecule is Cl.Cl.NCCC(=O)N1CCC(C(=O)Nc2ccc(Cl)cn2)CC1. The average Bonchev–Trinajstić information content (AvgIpc) is 2.50. The van der Waals surface area contributed by atoms with Gasteiger partial charge in [0.2, 0.25) is 11.8 Å². The summed E-state index contributed by atoms with van der Waals surface area (Å²) >= 11 is 5.75. The number of carbonyl (C=O) groups is 2. The van der Waals surface area contributed by atoms with Crippen LogP contribution in [-0.4, -0.2) is 41.3 Å². The van der Waals surface area contributed by atoms with E-state index in [1.807, 2.05) is 0 Å². The van der Waals surface area contributed by atoms with E-state index in [0.29, 0.717) is 49.7 Å². The summed E-state index contributed by atoms with van der Waals surface area (Å²) in [6, 6.07) is 3.35. The number of aromatic nitrogens is 1. The Morgan fingerprint density at radius 1 is 1.30 bits per heavy atom. The fraction of sp³-hybridized carbons (Fsp3) is 0.500. The molecule has 1 aromatic heterocycles. The molecule has 0 aromatic carbocycles. The molecule has 0 bridgehead atoms. The van der Waals surface area contributed by atoms with E-state index in [4.69, 9.17) is 17.3 Å². The van der Waals surface area contributed by atoms with E-state index in [1.54, 1.807) is 17.0 Å². The van der Waals surface area contributed by atoms with E-state index in [1.165, 1.54) is 6.20 Å². The molecule has 0 spiro atoms. The molecule has 3 N–H and O–H groups in total. The molecule has 1 fully saturated rings. The van der Waals surface area contributed by atoms with Gasteiger partial charge < -0.3 is 16.0 Å². The standard InChI is InChI=1S/C14H19ClN4O2.2ClH/c15-11-1-2-12(17-9-11)18-14(21)10-4-7-19(8-5-10)13(20)3-6-16;;/h1-2,9-10H,3-8,16H2,(H,17,18,21);2*1H. The van der Waals surface area contributed by atoms with Gasteiger partial charge in [-0.25, -0.2) is 4.98 Å². The highest BCUT2D eigenvalue weighted by Gasteiger charge is 2.27. The van der Waals surface area contributed by atoms with Gasteiger partial charge in [0, 0.05) is 38.2 Å². The third kappa shape index (κ3) is 6.51. The zero-order valence-corrected chi connectivity index (χ0v) is 14.9. The fourth-order valence-corrected chi connectivity index (χ4v) is 2.46. The first-order valence-electron chi connectivity index (χ1n) is 7.00. The van der Waals surface area contributed by atoms with Crippen LogP contribution in [0.1, 0.15) is 19.3 Å². The predicted octanol–water partition coefficient (Wildman–Crippen LogP) is 2.10. The summed E-state index contributed by atoms with van der Waals surface area (Å²) in [5, 5.41) is 3.30. The van der Waals surface area contributed by atoms with Crippen LogP contribution in [0, 0.1) is 5.92 Å². The summed E-state index contributed by atoms with van der Waals surface area (Å²) in [5.41, 5.74) is 5.38. The Bertz CT molecular complexity index is 505. The summed E-state index contributed by atoms with van der Waals surface area (Å²) < 4.78 is 0. The van der Waals surface area contributed by atoms with Crippen molar-refractivity contribution in [2.45, 2.75) is 19.3 Å². The largest absolute Gasteiger partial charge is 0.343 e. The summed E-state index contributed by atoms with van der Waals surface area (Å²) in [6.07, 6.45) is 3.18. The molecular formula is C14H21Cl3N4O2. The van der Waals surface area contributed by atoms with Crippen LogP contribution >= 0.6 is 36.4 Å². The summed E-state index contributed by atoms with van der Waals surface area (Å²) in [7, 11) is 0. The van der Waals surface area contributed by atoms with Crippen molar-refractivity contribution >= 4 is 54.0 Å². The lowest BCUT2D eigenvalue weighted by Gasteiger charge is -2.31. The summed E-state index contributed by atoms with van der Waals surface area (Å²) in [5.74, 6) is 0.405. The van der Waals surface area contributed by atoms with Crippen LogP contribution in [0.25, 0.3) is 0 Å². The first kappa shape index (κ1) is 21.9. The minimum absolute atomic E-state index is 0. The van der Waals surface area contributed by atoms with E-state index in [-0.39, 0.29) is 42.5 Å². The second-order valence-electron chi connectivity index (χ2n) is 5.04. The van der Waals surface area contributed by atoms with Gasteiger partial charge in [0.25, 0.3) is 0 Å². The lowest BCUT2D eigenvalue weighted by molar-refractivity contribution is -0.134. The van der Waals surface area contributed by atoms with E-state index in [9.17, 15) is 9.59 Å². The number of halogens is 3. The van der Waals surface area contributed by atoms with Crippen molar-refractivity contribution in [2.24, 2.45) is 11.7 Å². The Morgan fingerprint density at radius 3 is 2.48 bits per heavy atom. The number of nitrogens with two attached hydrogens (primary N) is 1. The molecule has 0 aliphatic carbocycles. The van der Waals surface area contributed by atoms with Gasteiger partial charge >= 0.3 is 0 Å². The van der Waals surface area contributed by atoms with Crippen molar-refractivity contribution in [1.82, 2.24) is 9.88 Å². The monoisotopic (exact) mass is 382 g/mol. The average molecular weight is 384 g/mol. The van der Waals surface area contributed by atoms with Crippen LogP contribution in [0.5, 0.6) is 0 Å². The number of piperidine rings is 1. The Hall–Kier alpha value is -1.08. The molecule has 130 valence electrons. The Morgan fingerprint density at radius 2 is 1.96 bits per heavy atom. The normalized spacial score (nSPS) is 14.4. The maximum Gasteiger partial charge on any atom is 0.228 e. The molecule has 1 aromatic rings. The molecule has 2 heterocycles. The van der Waals surface area contributed by atoms with Crippen LogP contribution < -0.4 is 11.1 Å². The predicted molar refractivity (Wildman–Crippen MR) is 95.3 cm³/mol. The van der Waals surface area contributed by atoms with E-state index in [0.717, 1.165) is 0 Å². The van der Waals surface area contributed by atoms with Gasteiger partial charge in [-0.3, -0.25) is 9.59 Å². The zero-order chi connectivity index (χ0) is 15.2. The highest BCUT2D eigenvalue weighted by Crippen LogP contribution is 2.20. The zero-order valence-electron chi connectivity index (χ0n) is 12.5. The molecule has 6 nitrogen and oxygen atoms in total. The molecule has 2 rings (SSSR count). The van der Waals surface area contributed by atoms with E-state index >= 15 is 0 Å². The Kier molecular flexibility index (Phi) is 10.1. The molecule has 2 amide bonds. The molecule has 1 aliphatic heterocycles. The molecule has 0 radical (unpaired) electrons. The number of nitrogens with zero attached hydrogens (tertiary/aromatic N) is 2. The van der Waals surface area contributed by atoms with E-state index < -0.39 is 0 Å². The molecule has 0 saturated carbocycles. The maximum absolute atomic E-state index is 12.1. The number of amides is 2. The topological polar surface area (TPSA) is 88.3 Å². The number of rotatable bonds is 4. The van der Waals surface area contributed by atoms with Crippen LogP contribution in [0.2, 0.25) is 5.02 Å². The minimum Gasteiger partial charge on any atom is -0.343 e. The van der Waals surface area contributed by atoms with Crippen LogP contribution in [0.3, 0.4) is 0 Å². The van der Waals surface area contributed by atoms with Crippen molar-refractivity contribution in [2.75, 3.05) is 25.0 Å². The van der Waals surface area contributed by atoms with E-state index in [2.05, 4.69) is 10.3 Å². The number of carbonyl (C=O) groups excluding carboxylic acids is 2. The van der Waals surface area contributed by atoms with Gasteiger partial charge in [0.05, 0.1) is 5.02 Å². The third-order valence-electron chi connectivity index (χ3n) is 3.56. The molecule has 1 aliphatic rings.